The van der Waals surface area contributed by atoms with Crippen LogP contribution in [0.1, 0.15) is 32.6 Å². The number of halogens is 1. The maximum atomic E-state index is 13.0. The number of hydrogen-bond acceptors (Lipinski definition) is 6. The Morgan fingerprint density at radius 1 is 1.19 bits per heavy atom. The predicted octanol–water partition coefficient (Wildman–Crippen LogP) is 2.79. The minimum Gasteiger partial charge on any atom is -0.335 e. The molecule has 1 aromatic carbocycles. The summed E-state index contributed by atoms with van der Waals surface area (Å²) >= 11 is 0. The summed E-state index contributed by atoms with van der Waals surface area (Å²) in [4.78, 5) is 4.30. The van der Waals surface area contributed by atoms with Crippen molar-refractivity contribution in [3.63, 3.8) is 0 Å². The van der Waals surface area contributed by atoms with Gasteiger partial charge in [-0.2, -0.15) is 4.98 Å². The first-order valence-electron chi connectivity index (χ1n) is 8.78. The molecule has 0 bridgehead atoms. The van der Waals surface area contributed by atoms with Crippen molar-refractivity contribution in [1.82, 2.24) is 14.9 Å². The zero-order chi connectivity index (χ0) is 18.6. The Balaban J connectivity index is 1.48. The summed E-state index contributed by atoms with van der Waals surface area (Å²) < 4.78 is 43.9. The third kappa shape index (κ3) is 5.01. The smallest absolute Gasteiger partial charge is 0.322 e. The van der Waals surface area contributed by atoms with Crippen LogP contribution in [0.3, 0.4) is 0 Å². The zero-order valence-electron chi connectivity index (χ0n) is 14.6. The summed E-state index contributed by atoms with van der Waals surface area (Å²) in [7, 11) is -3.13. The molecule has 3 rings (SSSR count). The van der Waals surface area contributed by atoms with E-state index >= 15 is 0 Å². The fourth-order valence-corrected chi connectivity index (χ4v) is 3.72. The van der Waals surface area contributed by atoms with Gasteiger partial charge in [0, 0.05) is 18.2 Å². The van der Waals surface area contributed by atoms with Crippen LogP contribution in [0, 0.1) is 11.7 Å². The van der Waals surface area contributed by atoms with Crippen LogP contribution in [-0.2, 0) is 10.0 Å². The molecule has 2 aromatic rings. The van der Waals surface area contributed by atoms with Crippen molar-refractivity contribution in [1.29, 1.82) is 0 Å². The van der Waals surface area contributed by atoms with Gasteiger partial charge in [0.2, 0.25) is 15.8 Å². The first kappa shape index (κ1) is 18.8. The second-order valence-corrected chi connectivity index (χ2v) is 8.64. The molecule has 0 aliphatic heterocycles. The molecule has 1 aliphatic carbocycles. The number of hydrogen-bond donors (Lipinski definition) is 2. The Bertz CT molecular complexity index is 815. The molecule has 1 heterocycles. The molecule has 142 valence electrons. The van der Waals surface area contributed by atoms with E-state index in [2.05, 4.69) is 20.2 Å². The molecule has 1 saturated carbocycles. The van der Waals surface area contributed by atoms with Crippen LogP contribution in [0.15, 0.2) is 28.8 Å². The van der Waals surface area contributed by atoms with Crippen molar-refractivity contribution in [3.8, 4) is 11.4 Å². The lowest BCUT2D eigenvalue weighted by molar-refractivity contribution is 0.330. The van der Waals surface area contributed by atoms with Crippen molar-refractivity contribution >= 4 is 16.0 Å². The number of anilines is 1. The third-order valence-corrected chi connectivity index (χ3v) is 6.04. The minimum absolute atomic E-state index is 0.109. The van der Waals surface area contributed by atoms with Crippen LogP contribution in [0.2, 0.25) is 0 Å². The monoisotopic (exact) mass is 382 g/mol. The Morgan fingerprint density at radius 3 is 2.54 bits per heavy atom. The quantitative estimate of drug-likeness (QED) is 0.764. The van der Waals surface area contributed by atoms with Gasteiger partial charge < -0.3 is 9.84 Å². The van der Waals surface area contributed by atoms with Crippen LogP contribution in [0.25, 0.3) is 11.4 Å². The van der Waals surface area contributed by atoms with Gasteiger partial charge in [0.25, 0.3) is 0 Å². The largest absolute Gasteiger partial charge is 0.335 e. The highest BCUT2D eigenvalue weighted by Gasteiger charge is 2.23. The highest BCUT2D eigenvalue weighted by atomic mass is 32.2. The van der Waals surface area contributed by atoms with Crippen LogP contribution in [-0.4, -0.2) is 36.9 Å². The highest BCUT2D eigenvalue weighted by molar-refractivity contribution is 7.89. The topological polar surface area (TPSA) is 97.1 Å². The number of sulfonamides is 1. The lowest BCUT2D eigenvalue weighted by Gasteiger charge is -2.28. The predicted molar refractivity (Wildman–Crippen MR) is 96.5 cm³/mol. The molecular formula is C17H23FN4O3S. The first-order chi connectivity index (χ1) is 12.4. The number of benzene rings is 1. The summed E-state index contributed by atoms with van der Waals surface area (Å²) in [6, 6.07) is 6.48. The maximum absolute atomic E-state index is 13.0. The molecule has 9 heteroatoms. The van der Waals surface area contributed by atoms with Crippen LogP contribution >= 0.6 is 0 Å². The SMILES string of the molecule is CCS(=O)(=O)NC[C@H]1CC[C@H](Nc2nc(-c3ccc(F)cc3)no2)CC1. The normalized spacial score (nSPS) is 20.8. The molecule has 7 nitrogen and oxygen atoms in total. The highest BCUT2D eigenvalue weighted by Crippen LogP contribution is 2.26. The second kappa shape index (κ2) is 8.13. The lowest BCUT2D eigenvalue weighted by atomic mass is 9.86. The Kier molecular flexibility index (Phi) is 5.87. The molecule has 0 amide bonds. The molecule has 0 radical (unpaired) electrons. The van der Waals surface area contributed by atoms with Gasteiger partial charge in [-0.3, -0.25) is 0 Å². The summed E-state index contributed by atoms with van der Waals surface area (Å²) in [6.45, 7) is 2.13. The van der Waals surface area contributed by atoms with E-state index < -0.39 is 10.0 Å². The van der Waals surface area contributed by atoms with E-state index in [1.54, 1.807) is 19.1 Å². The molecule has 2 N–H and O–H groups in total. The average molecular weight is 382 g/mol. The number of rotatable bonds is 7. The number of aromatic nitrogens is 2. The molecule has 1 fully saturated rings. The van der Waals surface area contributed by atoms with E-state index in [0.717, 1.165) is 25.7 Å². The van der Waals surface area contributed by atoms with E-state index in [-0.39, 0.29) is 17.6 Å². The Labute approximate surface area is 152 Å². The molecule has 0 saturated heterocycles. The van der Waals surface area contributed by atoms with E-state index in [1.807, 2.05) is 0 Å². The standard InChI is InChI=1S/C17H23FN4O3S/c1-2-26(23,24)19-11-12-3-9-15(10-4-12)20-17-21-16(22-25-17)13-5-7-14(18)8-6-13/h5-8,12,15,19H,2-4,9-11H2,1H3,(H,20,21,22)/t12-,15-. The van der Waals surface area contributed by atoms with Gasteiger partial charge in [-0.05, 0) is 62.8 Å². The molecule has 26 heavy (non-hydrogen) atoms. The Hall–Kier alpha value is -2.00. The number of nitrogens with one attached hydrogen (secondary N) is 2. The molecule has 1 aromatic heterocycles. The Morgan fingerprint density at radius 2 is 1.88 bits per heavy atom. The van der Waals surface area contributed by atoms with Gasteiger partial charge in [0.05, 0.1) is 5.75 Å². The first-order valence-corrected chi connectivity index (χ1v) is 10.4. The summed E-state index contributed by atoms with van der Waals surface area (Å²) in [6.07, 6.45) is 3.69. The second-order valence-electron chi connectivity index (χ2n) is 6.54. The van der Waals surface area contributed by atoms with Crippen LogP contribution in [0.5, 0.6) is 0 Å². The van der Waals surface area contributed by atoms with Crippen molar-refractivity contribution in [3.05, 3.63) is 30.1 Å². The van der Waals surface area contributed by atoms with Crippen molar-refractivity contribution in [2.24, 2.45) is 5.92 Å². The fraction of sp³-hybridized carbons (Fsp3) is 0.529. The van der Waals surface area contributed by atoms with Gasteiger partial charge in [0.15, 0.2) is 0 Å². The minimum atomic E-state index is -3.13. The summed E-state index contributed by atoms with van der Waals surface area (Å²) in [5, 5.41) is 7.15. The van der Waals surface area contributed by atoms with Crippen LogP contribution in [0.4, 0.5) is 10.4 Å². The molecule has 1 aliphatic rings. The van der Waals surface area contributed by atoms with E-state index in [4.69, 9.17) is 4.52 Å². The van der Waals surface area contributed by atoms with Crippen molar-refractivity contribution in [2.75, 3.05) is 17.6 Å². The van der Waals surface area contributed by atoms with E-state index in [1.165, 1.54) is 12.1 Å². The van der Waals surface area contributed by atoms with Gasteiger partial charge in [-0.1, -0.05) is 5.16 Å². The fourth-order valence-electron chi connectivity index (χ4n) is 3.03. The number of nitrogens with zero attached hydrogens (tertiary/aromatic N) is 2. The van der Waals surface area contributed by atoms with E-state index in [0.29, 0.717) is 29.9 Å². The van der Waals surface area contributed by atoms with Crippen molar-refractivity contribution in [2.45, 2.75) is 38.6 Å². The molecule has 0 unspecified atom stereocenters. The van der Waals surface area contributed by atoms with Gasteiger partial charge >= 0.3 is 6.01 Å². The maximum Gasteiger partial charge on any atom is 0.322 e. The van der Waals surface area contributed by atoms with Gasteiger partial charge in [-0.25, -0.2) is 17.5 Å². The summed E-state index contributed by atoms with van der Waals surface area (Å²) in [5.41, 5.74) is 0.690. The van der Waals surface area contributed by atoms with Crippen molar-refractivity contribution < 1.29 is 17.3 Å². The van der Waals surface area contributed by atoms with Crippen LogP contribution < -0.4 is 10.0 Å². The summed E-state index contributed by atoms with van der Waals surface area (Å²) in [5.74, 6) is 0.563. The average Bonchev–Trinajstić information content (AvgIpc) is 3.10. The third-order valence-electron chi connectivity index (χ3n) is 4.67. The van der Waals surface area contributed by atoms with Gasteiger partial charge in [-0.15, -0.1) is 0 Å². The lowest BCUT2D eigenvalue weighted by Crippen LogP contribution is -2.34. The molecule has 0 spiro atoms. The van der Waals surface area contributed by atoms with Gasteiger partial charge in [0.1, 0.15) is 5.82 Å². The molecule has 0 atom stereocenters. The van der Waals surface area contributed by atoms with E-state index in [9.17, 15) is 12.8 Å². The molecular weight excluding hydrogens is 359 g/mol. The zero-order valence-corrected chi connectivity index (χ0v) is 15.4.